The lowest BCUT2D eigenvalue weighted by Crippen LogP contribution is -2.30. The first kappa shape index (κ1) is 13.0. The molecule has 1 aliphatic rings. The minimum atomic E-state index is 0.118. The van der Waals surface area contributed by atoms with Gasteiger partial charge in [-0.05, 0) is 26.7 Å². The van der Waals surface area contributed by atoms with Crippen molar-refractivity contribution in [1.29, 1.82) is 0 Å². The largest absolute Gasteiger partial charge is 0.353 e. The van der Waals surface area contributed by atoms with Gasteiger partial charge in [-0.2, -0.15) is 0 Å². The van der Waals surface area contributed by atoms with E-state index in [1.807, 2.05) is 13.8 Å². The summed E-state index contributed by atoms with van der Waals surface area (Å²) in [4.78, 5) is 20.0. The molecule has 2 N–H and O–H groups in total. The second-order valence-electron chi connectivity index (χ2n) is 4.79. The summed E-state index contributed by atoms with van der Waals surface area (Å²) in [5.74, 6) is 0.132. The molecule has 1 saturated carbocycles. The molecule has 18 heavy (non-hydrogen) atoms. The molecule has 1 atom stereocenters. The van der Waals surface area contributed by atoms with Crippen molar-refractivity contribution < 1.29 is 4.79 Å². The first-order valence-corrected chi connectivity index (χ1v) is 6.47. The Morgan fingerprint density at radius 1 is 1.44 bits per heavy atom. The van der Waals surface area contributed by atoms with Crippen LogP contribution in [0.2, 0.25) is 0 Å². The minimum absolute atomic E-state index is 0.118. The molecule has 5 nitrogen and oxygen atoms in total. The lowest BCUT2D eigenvalue weighted by atomic mass is 10.2. The molecule has 1 unspecified atom stereocenters. The Morgan fingerprint density at radius 2 is 2.17 bits per heavy atom. The van der Waals surface area contributed by atoms with Gasteiger partial charge in [-0.25, -0.2) is 0 Å². The summed E-state index contributed by atoms with van der Waals surface area (Å²) in [6, 6.07) is 0.560. The number of nitrogens with one attached hydrogen (secondary N) is 2. The van der Waals surface area contributed by atoms with Crippen LogP contribution in [0.4, 0.5) is 0 Å². The first-order chi connectivity index (χ1) is 8.66. The average molecular weight is 248 g/mol. The van der Waals surface area contributed by atoms with E-state index < -0.39 is 0 Å². The van der Waals surface area contributed by atoms with Gasteiger partial charge in [0.25, 0.3) is 0 Å². The zero-order valence-electron chi connectivity index (χ0n) is 10.9. The van der Waals surface area contributed by atoms with E-state index in [9.17, 15) is 4.79 Å². The average Bonchev–Trinajstić information content (AvgIpc) is 3.13. The molecule has 0 bridgehead atoms. The number of aromatic nitrogens is 2. The molecule has 1 amide bonds. The van der Waals surface area contributed by atoms with Crippen LogP contribution in [0.15, 0.2) is 12.4 Å². The molecule has 1 heterocycles. The lowest BCUT2D eigenvalue weighted by molar-refractivity contribution is -0.121. The second-order valence-corrected chi connectivity index (χ2v) is 4.79. The molecule has 1 fully saturated rings. The number of amides is 1. The monoisotopic (exact) mass is 248 g/mol. The van der Waals surface area contributed by atoms with Crippen molar-refractivity contribution in [3.63, 3.8) is 0 Å². The predicted octanol–water partition coefficient (Wildman–Crippen LogP) is 1.10. The summed E-state index contributed by atoms with van der Waals surface area (Å²) < 4.78 is 0. The predicted molar refractivity (Wildman–Crippen MR) is 69.0 cm³/mol. The molecule has 2 rings (SSSR count). The minimum Gasteiger partial charge on any atom is -0.353 e. The van der Waals surface area contributed by atoms with Crippen molar-refractivity contribution >= 4 is 5.91 Å². The number of hydrogen-bond acceptors (Lipinski definition) is 4. The molecular formula is C13H20N4O. The molecule has 1 aromatic rings. The standard InChI is InChI=1S/C13H20N4O/c1-9(13-10(2)15-7-8-16-13)14-6-5-12(18)17-11-3-4-11/h7-9,11,14H,3-6H2,1-2H3,(H,17,18). The van der Waals surface area contributed by atoms with Gasteiger partial charge in [0.2, 0.25) is 5.91 Å². The van der Waals surface area contributed by atoms with Crippen molar-refractivity contribution in [2.24, 2.45) is 0 Å². The molecular weight excluding hydrogens is 228 g/mol. The molecule has 0 aromatic carbocycles. The maximum absolute atomic E-state index is 11.5. The zero-order valence-corrected chi connectivity index (χ0v) is 10.9. The Bertz CT molecular complexity index is 417. The van der Waals surface area contributed by atoms with E-state index in [0.717, 1.165) is 24.2 Å². The second kappa shape index (κ2) is 5.91. The van der Waals surface area contributed by atoms with Gasteiger partial charge in [-0.3, -0.25) is 14.8 Å². The van der Waals surface area contributed by atoms with Crippen molar-refractivity contribution in [3.05, 3.63) is 23.8 Å². The summed E-state index contributed by atoms with van der Waals surface area (Å²) in [5, 5.41) is 6.27. The number of hydrogen-bond donors (Lipinski definition) is 2. The van der Waals surface area contributed by atoms with Gasteiger partial charge < -0.3 is 10.6 Å². The highest BCUT2D eigenvalue weighted by molar-refractivity contribution is 5.76. The molecule has 98 valence electrons. The van der Waals surface area contributed by atoms with Crippen molar-refractivity contribution in [2.45, 2.75) is 45.2 Å². The third kappa shape index (κ3) is 3.77. The highest BCUT2D eigenvalue weighted by Gasteiger charge is 2.22. The van der Waals surface area contributed by atoms with Gasteiger partial charge in [0.05, 0.1) is 11.4 Å². The van der Waals surface area contributed by atoms with E-state index in [1.165, 1.54) is 0 Å². The van der Waals surface area contributed by atoms with Gasteiger partial charge >= 0.3 is 0 Å². The smallest absolute Gasteiger partial charge is 0.221 e. The van der Waals surface area contributed by atoms with Crippen molar-refractivity contribution in [2.75, 3.05) is 6.54 Å². The Labute approximate surface area is 107 Å². The topological polar surface area (TPSA) is 66.9 Å². The molecule has 1 aromatic heterocycles. The van der Waals surface area contributed by atoms with Gasteiger partial charge in [0, 0.05) is 37.4 Å². The fraction of sp³-hybridized carbons (Fsp3) is 0.615. The normalized spacial score (nSPS) is 16.3. The van der Waals surface area contributed by atoms with Crippen LogP contribution in [-0.4, -0.2) is 28.5 Å². The highest BCUT2D eigenvalue weighted by atomic mass is 16.1. The van der Waals surface area contributed by atoms with Crippen LogP contribution in [0, 0.1) is 6.92 Å². The molecule has 0 saturated heterocycles. The Kier molecular flexibility index (Phi) is 4.25. The van der Waals surface area contributed by atoms with Crippen LogP contribution in [0.25, 0.3) is 0 Å². The van der Waals surface area contributed by atoms with E-state index in [1.54, 1.807) is 12.4 Å². The molecule has 0 radical (unpaired) electrons. The third-order valence-corrected chi connectivity index (χ3v) is 3.07. The molecule has 0 spiro atoms. The number of aryl methyl sites for hydroxylation is 1. The molecule has 5 heteroatoms. The Morgan fingerprint density at radius 3 is 2.83 bits per heavy atom. The van der Waals surface area contributed by atoms with Gasteiger partial charge in [0.15, 0.2) is 0 Å². The third-order valence-electron chi connectivity index (χ3n) is 3.07. The van der Waals surface area contributed by atoms with Crippen LogP contribution >= 0.6 is 0 Å². The zero-order chi connectivity index (χ0) is 13.0. The van der Waals surface area contributed by atoms with E-state index in [4.69, 9.17) is 0 Å². The van der Waals surface area contributed by atoms with Crippen molar-refractivity contribution in [1.82, 2.24) is 20.6 Å². The maximum Gasteiger partial charge on any atom is 0.221 e. The van der Waals surface area contributed by atoms with Crippen LogP contribution in [0.1, 0.15) is 43.6 Å². The van der Waals surface area contributed by atoms with Crippen LogP contribution < -0.4 is 10.6 Å². The Hall–Kier alpha value is -1.49. The number of rotatable bonds is 6. The number of carbonyl (C=O) groups is 1. The van der Waals surface area contributed by atoms with E-state index in [2.05, 4.69) is 20.6 Å². The van der Waals surface area contributed by atoms with E-state index in [0.29, 0.717) is 19.0 Å². The summed E-state index contributed by atoms with van der Waals surface area (Å²) >= 11 is 0. The summed E-state index contributed by atoms with van der Waals surface area (Å²) in [6.07, 6.45) is 6.16. The van der Waals surface area contributed by atoms with Gasteiger partial charge in [0.1, 0.15) is 0 Å². The van der Waals surface area contributed by atoms with Gasteiger partial charge in [-0.1, -0.05) is 0 Å². The molecule has 0 aliphatic heterocycles. The molecule has 1 aliphatic carbocycles. The van der Waals surface area contributed by atoms with E-state index in [-0.39, 0.29) is 11.9 Å². The SMILES string of the molecule is Cc1nccnc1C(C)NCCC(=O)NC1CC1. The fourth-order valence-electron chi connectivity index (χ4n) is 1.87. The van der Waals surface area contributed by atoms with E-state index >= 15 is 0 Å². The fourth-order valence-corrected chi connectivity index (χ4v) is 1.87. The first-order valence-electron chi connectivity index (χ1n) is 6.47. The van der Waals surface area contributed by atoms with Crippen LogP contribution in [0.3, 0.4) is 0 Å². The summed E-state index contributed by atoms with van der Waals surface area (Å²) in [5.41, 5.74) is 1.88. The summed E-state index contributed by atoms with van der Waals surface area (Å²) in [7, 11) is 0. The quantitative estimate of drug-likeness (QED) is 0.791. The van der Waals surface area contributed by atoms with Crippen LogP contribution in [0.5, 0.6) is 0 Å². The van der Waals surface area contributed by atoms with Gasteiger partial charge in [-0.15, -0.1) is 0 Å². The summed E-state index contributed by atoms with van der Waals surface area (Å²) in [6.45, 7) is 4.64. The maximum atomic E-state index is 11.5. The van der Waals surface area contributed by atoms with Crippen molar-refractivity contribution in [3.8, 4) is 0 Å². The van der Waals surface area contributed by atoms with Crippen LogP contribution in [-0.2, 0) is 4.79 Å². The Balaban J connectivity index is 1.72. The number of carbonyl (C=O) groups excluding carboxylic acids is 1. The lowest BCUT2D eigenvalue weighted by Gasteiger charge is -2.14. The highest BCUT2D eigenvalue weighted by Crippen LogP contribution is 2.18. The number of nitrogens with zero attached hydrogens (tertiary/aromatic N) is 2.